The fraction of sp³-hybridized carbons (Fsp3) is 0.940. The van der Waals surface area contributed by atoms with Crippen LogP contribution in [0.5, 0.6) is 0 Å². The molecule has 42 nitrogen and oxygen atoms in total. The summed E-state index contributed by atoms with van der Waals surface area (Å²) in [5.41, 5.74) is 0. The van der Waals surface area contributed by atoms with Crippen molar-refractivity contribution in [1.82, 2.24) is 10.6 Å². The highest BCUT2D eigenvalue weighted by Gasteiger charge is 2.56. The van der Waals surface area contributed by atoms with E-state index in [0.717, 1.165) is 14.2 Å². The molecule has 2 amide bonds. The Balaban J connectivity index is 0.892. The molecule has 0 saturated carbocycles. The molecular weight excluding hydrogens is 1470 g/mol. The van der Waals surface area contributed by atoms with E-state index in [1.165, 1.54) is 21.0 Å². The molecule has 0 radical (unpaired) electrons. The van der Waals surface area contributed by atoms with Gasteiger partial charge in [-0.05, 0) is 46.0 Å². The minimum absolute atomic E-state index is 0.117. The molecule has 0 spiro atoms. The Morgan fingerprint density at radius 1 is 0.404 bits per heavy atom. The molecule has 6 fully saturated rings. The number of carbonyl (C=O) groups excluding carboxylic acids is 3. The van der Waals surface area contributed by atoms with Crippen LogP contribution >= 0.6 is 0 Å². The Morgan fingerprint density at radius 3 is 1.35 bits per heavy atom. The van der Waals surface area contributed by atoms with Crippen LogP contribution in [-0.4, -0.2) is 440 Å². The summed E-state index contributed by atoms with van der Waals surface area (Å²) < 4.78 is 113. The molecule has 0 aromatic rings. The summed E-state index contributed by atoms with van der Waals surface area (Å²) in [5.74, 6) is -3.75. The van der Waals surface area contributed by atoms with E-state index in [1.807, 2.05) is 0 Å². The van der Waals surface area contributed by atoms with Gasteiger partial charge in [-0.3, -0.25) is 9.59 Å². The number of nitrogens with one attached hydrogen (secondary N) is 2. The molecule has 6 aliphatic rings. The first-order chi connectivity index (χ1) is 51.9. The summed E-state index contributed by atoms with van der Waals surface area (Å²) in [5, 5.41) is 177. The molecule has 109 heavy (non-hydrogen) atoms. The van der Waals surface area contributed by atoms with Gasteiger partial charge in [0, 0.05) is 61.6 Å². The maximum atomic E-state index is 13.8. The Bertz CT molecular complexity index is 2600. The van der Waals surface area contributed by atoms with Crippen LogP contribution < -0.4 is 10.6 Å². The van der Waals surface area contributed by atoms with Crippen LogP contribution in [0.25, 0.3) is 0 Å². The van der Waals surface area contributed by atoms with E-state index < -0.39 is 252 Å². The molecule has 6 saturated heterocycles. The summed E-state index contributed by atoms with van der Waals surface area (Å²) in [7, 11) is 3.64. The number of aliphatic hydroxyl groups excluding tert-OH is 15. The summed E-state index contributed by atoms with van der Waals surface area (Å²) in [6.45, 7) is 3.56. The second-order valence-corrected chi connectivity index (χ2v) is 27.6. The average Bonchev–Trinajstić information content (AvgIpc) is 0.838. The lowest BCUT2D eigenvalue weighted by Crippen LogP contribution is -2.68. The number of carboxylic acid groups (broad SMARTS) is 1. The smallest absolute Gasteiger partial charge is 0.338 e. The quantitative estimate of drug-likeness (QED) is 0.0199. The van der Waals surface area contributed by atoms with Crippen molar-refractivity contribution < 1.29 is 196 Å². The van der Waals surface area contributed by atoms with Gasteiger partial charge >= 0.3 is 11.9 Å². The van der Waals surface area contributed by atoms with Crippen LogP contribution in [0.1, 0.15) is 66.7 Å². The average molecular weight is 1590 g/mol. The second-order valence-electron chi connectivity index (χ2n) is 27.6. The van der Waals surface area contributed by atoms with Gasteiger partial charge in [0.25, 0.3) is 0 Å². The first-order valence-corrected chi connectivity index (χ1v) is 36.5. The Kier molecular flexibility index (Phi) is 41.1. The lowest BCUT2D eigenvalue weighted by Gasteiger charge is -2.48. The normalized spacial score (nSPS) is 38.4. The predicted octanol–water partition coefficient (Wildman–Crippen LogP) is -9.53. The fourth-order valence-electron chi connectivity index (χ4n) is 13.2. The monoisotopic (exact) mass is 1590 g/mol. The molecule has 34 atom stereocenters. The Labute approximate surface area is 630 Å². The molecule has 0 aromatic carbocycles. The van der Waals surface area contributed by atoms with E-state index >= 15 is 0 Å². The van der Waals surface area contributed by atoms with Gasteiger partial charge in [0.15, 0.2) is 31.1 Å². The van der Waals surface area contributed by atoms with Crippen molar-refractivity contribution in [3.8, 4) is 0 Å². The molecule has 636 valence electrons. The topological polar surface area (TPSA) is 601 Å². The maximum absolute atomic E-state index is 13.8. The third kappa shape index (κ3) is 27.6. The van der Waals surface area contributed by atoms with Crippen LogP contribution in [0.2, 0.25) is 0 Å². The zero-order chi connectivity index (χ0) is 80.3. The minimum atomic E-state index is -1.83. The number of ether oxygens (including phenoxy) is 20. The summed E-state index contributed by atoms with van der Waals surface area (Å²) in [6.07, 6.45) is -43.4. The predicted molar refractivity (Wildman–Crippen MR) is 360 cm³/mol. The zero-order valence-electron chi connectivity index (χ0n) is 62.4. The van der Waals surface area contributed by atoms with Gasteiger partial charge in [-0.1, -0.05) is 6.92 Å². The number of aliphatic carboxylic acids is 1. The van der Waals surface area contributed by atoms with E-state index in [4.69, 9.17) is 94.7 Å². The summed E-state index contributed by atoms with van der Waals surface area (Å²) in [4.78, 5) is 50.3. The van der Waals surface area contributed by atoms with Crippen molar-refractivity contribution in [3.63, 3.8) is 0 Å². The molecule has 6 rings (SSSR count). The van der Waals surface area contributed by atoms with Crippen molar-refractivity contribution in [3.05, 3.63) is 0 Å². The van der Waals surface area contributed by atoms with E-state index in [-0.39, 0.29) is 85.9 Å². The van der Waals surface area contributed by atoms with Crippen LogP contribution in [-0.2, 0) is 114 Å². The molecule has 18 unspecified atom stereocenters. The lowest BCUT2D eigenvalue weighted by atomic mass is 9.92. The van der Waals surface area contributed by atoms with Gasteiger partial charge < -0.3 is 187 Å². The van der Waals surface area contributed by atoms with Crippen LogP contribution in [0.4, 0.5) is 0 Å². The van der Waals surface area contributed by atoms with Gasteiger partial charge in [-0.2, -0.15) is 0 Å². The SMILES string of the molecule is CC[C@H]1OC(CO[C@H]2OC(COC)[C@@H](OCC(O)COCCCCOCC(O)COC(=O)C3O[C@@H](O[C@@H]4C(NC(C)=O)C(C)OC(CO)[C@H]4O)C(OCC(O)COCCCCOCC(O)COCC4OC(C)C(NC(C)=O)[C@@H](O[C@@H]5OC(C(=O)O)[C@@H](OC)[C@H](O)C5O)[C@@H]4O)[C@@H](O)[C@@H]3OC)[C@H](O)C2O)[C@@H](O)[C@H](O)C1O. The van der Waals surface area contributed by atoms with E-state index in [2.05, 4.69) is 10.6 Å². The second kappa shape index (κ2) is 47.5. The molecule has 42 heteroatoms. The van der Waals surface area contributed by atoms with Crippen molar-refractivity contribution in [2.24, 2.45) is 0 Å². The van der Waals surface area contributed by atoms with Crippen LogP contribution in [0.15, 0.2) is 0 Å². The van der Waals surface area contributed by atoms with Crippen LogP contribution in [0.3, 0.4) is 0 Å². The molecule has 18 N–H and O–H groups in total. The number of aliphatic hydroxyl groups is 15. The third-order valence-electron chi connectivity index (χ3n) is 19.0. The summed E-state index contributed by atoms with van der Waals surface area (Å²) in [6, 6.07) is -2.15. The number of carboxylic acids is 1. The van der Waals surface area contributed by atoms with E-state index in [9.17, 15) is 101 Å². The number of carbonyl (C=O) groups is 4. The van der Waals surface area contributed by atoms with Gasteiger partial charge in [-0.15, -0.1) is 0 Å². The number of amides is 2. The third-order valence-corrected chi connectivity index (χ3v) is 19.0. The van der Waals surface area contributed by atoms with Gasteiger partial charge in [-0.25, -0.2) is 9.59 Å². The van der Waals surface area contributed by atoms with E-state index in [1.54, 1.807) is 20.8 Å². The first-order valence-electron chi connectivity index (χ1n) is 36.5. The maximum Gasteiger partial charge on any atom is 0.338 e. The van der Waals surface area contributed by atoms with Crippen molar-refractivity contribution in [1.29, 1.82) is 0 Å². The molecule has 0 bridgehead atoms. The fourth-order valence-corrected chi connectivity index (χ4v) is 13.2. The molecule has 6 aliphatic heterocycles. The number of methoxy groups -OCH3 is 3. The zero-order valence-corrected chi connectivity index (χ0v) is 62.4. The molecule has 6 heterocycles. The number of hydrogen-bond acceptors (Lipinski definition) is 39. The highest BCUT2D eigenvalue weighted by molar-refractivity contribution is 5.76. The van der Waals surface area contributed by atoms with Crippen molar-refractivity contribution >= 4 is 23.8 Å². The molecule has 0 aliphatic carbocycles. The molecule has 0 aromatic heterocycles. The number of unbranched alkanes of at least 4 members (excludes halogenated alkanes) is 2. The van der Waals surface area contributed by atoms with Gasteiger partial charge in [0.05, 0.1) is 103 Å². The Hall–Kier alpha value is -3.48. The number of hydrogen-bond donors (Lipinski definition) is 18. The van der Waals surface area contributed by atoms with Gasteiger partial charge in [0.1, 0.15) is 153 Å². The largest absolute Gasteiger partial charge is 0.479 e. The first kappa shape index (κ1) is 94.4. The highest BCUT2D eigenvalue weighted by Crippen LogP contribution is 2.35. The van der Waals surface area contributed by atoms with E-state index in [0.29, 0.717) is 32.1 Å². The highest BCUT2D eigenvalue weighted by atomic mass is 16.8. The number of rotatable bonds is 47. The van der Waals surface area contributed by atoms with Crippen molar-refractivity contribution in [2.75, 3.05) is 127 Å². The minimum Gasteiger partial charge on any atom is -0.479 e. The summed E-state index contributed by atoms with van der Waals surface area (Å²) >= 11 is 0. The standard InChI is InChI=1S/C67H118N2O40/c1-9-38-45(77)49(81)46(78)41(104-38)29-101-65-52(84)50(82)55(42(105-65)27-90-6)98-24-35(74)20-94-15-12-13-17-96-22-37(76)26-100-64(89)62-59(92-8)54(86)60(67(109-62)107-56-43(68-32(4)71)30(2)102-39(18-70)47(56)79)99-25-36(75)21-95-16-11-10-14-93-19-34(73)23-97-28-40-48(80)57(44(31(3)103-40)69-33(5)72)106-66-53(85)51(83)58(91-7)61(108-66)63(87)88/h30-31,34-62,65-67,70,73-86H,9-29H2,1-8H3,(H,68,71)(H,69,72)(H,87,88)/t30?,31?,34?,35?,36?,37?,38-,39?,40?,41?,42?,43?,44?,45?,46-,47-,48-,49-,50-,51-,52?,53?,54+,55-,56-,57-,58+,59+,60?,61?,62?,65+,66-,67-/m1/s1. The Morgan fingerprint density at radius 2 is 0.844 bits per heavy atom. The molecular formula is C67H118N2O40. The number of esters is 1. The lowest BCUT2D eigenvalue weighted by molar-refractivity contribution is -0.336. The van der Waals surface area contributed by atoms with Gasteiger partial charge in [0.2, 0.25) is 11.8 Å². The van der Waals surface area contributed by atoms with Crippen molar-refractivity contribution in [2.45, 2.75) is 275 Å². The van der Waals surface area contributed by atoms with Crippen LogP contribution in [0, 0.1) is 0 Å².